The predicted octanol–water partition coefficient (Wildman–Crippen LogP) is 2.41. The van der Waals surface area contributed by atoms with Crippen LogP contribution in [0.3, 0.4) is 0 Å². The maximum absolute atomic E-state index is 13.3. The smallest absolute Gasteiger partial charge is 0.238 e. The Morgan fingerprint density at radius 3 is 2.65 bits per heavy atom. The molecule has 94 valence electrons. The molecule has 0 atom stereocenters. The minimum absolute atomic E-state index is 0.135. The van der Waals surface area contributed by atoms with Crippen LogP contribution in [0.4, 0.5) is 10.1 Å². The summed E-state index contributed by atoms with van der Waals surface area (Å²) in [5.74, 6) is -0.440. The minimum atomic E-state index is -0.306. The van der Waals surface area contributed by atoms with Gasteiger partial charge in [0.2, 0.25) is 5.91 Å². The van der Waals surface area contributed by atoms with Crippen LogP contribution in [0.2, 0.25) is 0 Å². The normalized spacial score (nSPS) is 11.0. The van der Waals surface area contributed by atoms with E-state index in [0.717, 1.165) is 0 Å². The molecule has 0 radical (unpaired) electrons. The van der Waals surface area contributed by atoms with E-state index in [-0.39, 0.29) is 11.7 Å². The molecule has 0 spiro atoms. The van der Waals surface area contributed by atoms with Crippen LogP contribution in [0.1, 0.15) is 19.4 Å². The van der Waals surface area contributed by atoms with E-state index in [1.54, 1.807) is 19.1 Å². The summed E-state index contributed by atoms with van der Waals surface area (Å²) < 4.78 is 13.3. The molecular weight excluding hydrogens is 219 g/mol. The number of anilines is 1. The van der Waals surface area contributed by atoms with Crippen LogP contribution in [0.15, 0.2) is 18.2 Å². The van der Waals surface area contributed by atoms with Crippen molar-refractivity contribution in [2.24, 2.45) is 0 Å². The number of hydrogen-bond acceptors (Lipinski definition) is 2. The van der Waals surface area contributed by atoms with Crippen molar-refractivity contribution in [2.75, 3.05) is 18.9 Å². The average molecular weight is 238 g/mol. The summed E-state index contributed by atoms with van der Waals surface area (Å²) in [4.78, 5) is 13.6. The van der Waals surface area contributed by atoms with Crippen molar-refractivity contribution in [3.63, 3.8) is 0 Å². The first-order valence-corrected chi connectivity index (χ1v) is 5.66. The van der Waals surface area contributed by atoms with Gasteiger partial charge < -0.3 is 5.32 Å². The number of rotatable bonds is 4. The molecule has 0 bridgehead atoms. The molecule has 4 heteroatoms. The molecule has 0 aromatic heterocycles. The molecule has 0 aliphatic rings. The second-order valence-corrected chi connectivity index (χ2v) is 4.52. The highest BCUT2D eigenvalue weighted by Gasteiger charge is 2.10. The van der Waals surface area contributed by atoms with Crippen LogP contribution in [0, 0.1) is 12.7 Å². The lowest BCUT2D eigenvalue weighted by Gasteiger charge is -2.20. The van der Waals surface area contributed by atoms with E-state index in [2.05, 4.69) is 5.32 Å². The molecule has 1 N–H and O–H groups in total. The monoisotopic (exact) mass is 238 g/mol. The van der Waals surface area contributed by atoms with Crippen molar-refractivity contribution in [3.05, 3.63) is 29.6 Å². The van der Waals surface area contributed by atoms with E-state index in [1.807, 2.05) is 25.8 Å². The van der Waals surface area contributed by atoms with Gasteiger partial charge in [0.1, 0.15) is 5.82 Å². The number of halogens is 1. The van der Waals surface area contributed by atoms with Crippen molar-refractivity contribution in [1.29, 1.82) is 0 Å². The Kier molecular flexibility index (Phi) is 4.63. The van der Waals surface area contributed by atoms with E-state index in [0.29, 0.717) is 23.8 Å². The molecule has 0 fully saturated rings. The zero-order valence-electron chi connectivity index (χ0n) is 10.7. The highest BCUT2D eigenvalue weighted by Crippen LogP contribution is 2.13. The number of benzene rings is 1. The third-order valence-corrected chi connectivity index (χ3v) is 2.73. The topological polar surface area (TPSA) is 32.3 Å². The third kappa shape index (κ3) is 4.15. The number of amides is 1. The number of carbonyl (C=O) groups excluding carboxylic acids is 1. The lowest BCUT2D eigenvalue weighted by molar-refractivity contribution is -0.117. The highest BCUT2D eigenvalue weighted by atomic mass is 19.1. The third-order valence-electron chi connectivity index (χ3n) is 2.73. The van der Waals surface area contributed by atoms with E-state index in [9.17, 15) is 9.18 Å². The Balaban J connectivity index is 2.59. The lowest BCUT2D eigenvalue weighted by atomic mass is 10.2. The van der Waals surface area contributed by atoms with E-state index in [4.69, 9.17) is 0 Å². The largest absolute Gasteiger partial charge is 0.325 e. The zero-order chi connectivity index (χ0) is 13.0. The molecule has 0 aliphatic carbocycles. The summed E-state index contributed by atoms with van der Waals surface area (Å²) in [6, 6.07) is 4.99. The Morgan fingerprint density at radius 1 is 1.47 bits per heavy atom. The second-order valence-electron chi connectivity index (χ2n) is 4.52. The van der Waals surface area contributed by atoms with Crippen LogP contribution in [0.25, 0.3) is 0 Å². The van der Waals surface area contributed by atoms with Crippen molar-refractivity contribution in [3.8, 4) is 0 Å². The molecule has 0 saturated carbocycles. The molecule has 17 heavy (non-hydrogen) atoms. The number of aryl methyl sites for hydroxylation is 1. The maximum Gasteiger partial charge on any atom is 0.238 e. The Hall–Kier alpha value is -1.42. The predicted molar refractivity (Wildman–Crippen MR) is 67.5 cm³/mol. The van der Waals surface area contributed by atoms with Crippen LogP contribution in [-0.4, -0.2) is 30.4 Å². The number of nitrogens with one attached hydrogen (secondary N) is 1. The molecular formula is C13H19FN2O. The van der Waals surface area contributed by atoms with Gasteiger partial charge in [-0.05, 0) is 45.5 Å². The number of nitrogens with zero attached hydrogens (tertiary/aromatic N) is 1. The number of likely N-dealkylation sites (N-methyl/N-ethyl adjacent to an activating group) is 1. The molecule has 0 saturated heterocycles. The summed E-state index contributed by atoms with van der Waals surface area (Å²) in [5, 5.41) is 2.68. The summed E-state index contributed by atoms with van der Waals surface area (Å²) in [6.45, 7) is 6.01. The summed E-state index contributed by atoms with van der Waals surface area (Å²) >= 11 is 0. The van der Waals surface area contributed by atoms with Crippen LogP contribution < -0.4 is 5.32 Å². The van der Waals surface area contributed by atoms with E-state index in [1.165, 1.54) is 6.07 Å². The Bertz CT molecular complexity index is 404. The SMILES string of the molecule is Cc1ccc(NC(=O)CN(C)C(C)C)cc1F. The summed E-state index contributed by atoms with van der Waals surface area (Å²) in [6.07, 6.45) is 0. The standard InChI is InChI=1S/C13H19FN2O/c1-9(2)16(4)8-13(17)15-11-6-5-10(3)12(14)7-11/h5-7,9H,8H2,1-4H3,(H,15,17). The van der Waals surface area contributed by atoms with Crippen molar-refractivity contribution >= 4 is 11.6 Å². The first kappa shape index (κ1) is 13.6. The van der Waals surface area contributed by atoms with Gasteiger partial charge in [-0.25, -0.2) is 4.39 Å². The quantitative estimate of drug-likeness (QED) is 0.873. The van der Waals surface area contributed by atoms with Gasteiger partial charge in [-0.2, -0.15) is 0 Å². The first-order valence-electron chi connectivity index (χ1n) is 5.66. The van der Waals surface area contributed by atoms with Gasteiger partial charge in [-0.3, -0.25) is 9.69 Å². The van der Waals surface area contributed by atoms with Crippen LogP contribution in [-0.2, 0) is 4.79 Å². The molecule has 0 heterocycles. The molecule has 1 aromatic carbocycles. The Morgan fingerprint density at radius 2 is 2.12 bits per heavy atom. The van der Waals surface area contributed by atoms with E-state index >= 15 is 0 Å². The van der Waals surface area contributed by atoms with Gasteiger partial charge >= 0.3 is 0 Å². The summed E-state index contributed by atoms with van der Waals surface area (Å²) in [7, 11) is 1.87. The highest BCUT2D eigenvalue weighted by molar-refractivity contribution is 5.92. The van der Waals surface area contributed by atoms with Gasteiger partial charge in [0.15, 0.2) is 0 Å². The Labute approximate surface area is 102 Å². The average Bonchev–Trinajstić information content (AvgIpc) is 2.23. The molecule has 1 aromatic rings. The van der Waals surface area contributed by atoms with Gasteiger partial charge in [0.25, 0.3) is 0 Å². The molecule has 3 nitrogen and oxygen atoms in total. The fourth-order valence-corrected chi connectivity index (χ4v) is 1.28. The second kappa shape index (κ2) is 5.77. The fourth-order valence-electron chi connectivity index (χ4n) is 1.28. The van der Waals surface area contributed by atoms with Gasteiger partial charge in [-0.15, -0.1) is 0 Å². The van der Waals surface area contributed by atoms with Crippen LogP contribution in [0.5, 0.6) is 0 Å². The summed E-state index contributed by atoms with van der Waals surface area (Å²) in [5.41, 5.74) is 1.07. The number of hydrogen-bond donors (Lipinski definition) is 1. The van der Waals surface area contributed by atoms with Crippen LogP contribution >= 0.6 is 0 Å². The fraction of sp³-hybridized carbons (Fsp3) is 0.462. The molecule has 1 amide bonds. The van der Waals surface area contributed by atoms with Gasteiger partial charge in [-0.1, -0.05) is 6.07 Å². The van der Waals surface area contributed by atoms with Crippen molar-refractivity contribution in [2.45, 2.75) is 26.8 Å². The minimum Gasteiger partial charge on any atom is -0.325 e. The molecule has 0 unspecified atom stereocenters. The molecule has 0 aliphatic heterocycles. The van der Waals surface area contributed by atoms with E-state index < -0.39 is 0 Å². The first-order chi connectivity index (χ1) is 7.90. The maximum atomic E-state index is 13.3. The van der Waals surface area contributed by atoms with Crippen molar-refractivity contribution < 1.29 is 9.18 Å². The number of carbonyl (C=O) groups is 1. The zero-order valence-corrected chi connectivity index (χ0v) is 10.7. The van der Waals surface area contributed by atoms with Gasteiger partial charge in [0.05, 0.1) is 6.54 Å². The van der Waals surface area contributed by atoms with Gasteiger partial charge in [0, 0.05) is 11.7 Å². The lowest BCUT2D eigenvalue weighted by Crippen LogP contribution is -2.34. The van der Waals surface area contributed by atoms with Crippen molar-refractivity contribution in [1.82, 2.24) is 4.90 Å². The molecule has 1 rings (SSSR count).